The topological polar surface area (TPSA) is 0 Å². The largest absolute Gasteiger partial charge is 0.283 e. The van der Waals surface area contributed by atoms with Gasteiger partial charge in [0.05, 0.1) is 0 Å². The lowest BCUT2D eigenvalue weighted by atomic mass is 10.8. The molecule has 1 unspecified atom stereocenters. The smallest absolute Gasteiger partial charge is 0.224 e. The molecule has 8 heavy (non-hydrogen) atoms. The van der Waals surface area contributed by atoms with Gasteiger partial charge < -0.3 is 0 Å². The van der Waals surface area contributed by atoms with E-state index in [0.29, 0.717) is 0 Å². The average molecular weight is 169 g/mol. The van der Waals surface area contributed by atoms with Crippen LogP contribution in [0, 0.1) is 0 Å². The standard InChI is InChI=1S/C2H2ClF3.CH3Cl/c3-1(4)2(5)6;1-2/h1-2H;1H3. The van der Waals surface area contributed by atoms with Gasteiger partial charge in [0, 0.05) is 6.38 Å². The molecule has 0 fully saturated rings. The Balaban J connectivity index is 0. The third-order valence-electron chi connectivity index (χ3n) is 0.190. The molecule has 0 nitrogen and oxygen atoms in total. The minimum Gasteiger partial charge on any atom is -0.224 e. The van der Waals surface area contributed by atoms with Gasteiger partial charge >= 0.3 is 0 Å². The summed E-state index contributed by atoms with van der Waals surface area (Å²) in [5.41, 5.74) is -2.51. The maximum Gasteiger partial charge on any atom is 0.283 e. The fourth-order valence-corrected chi connectivity index (χ4v) is 0. The Morgan fingerprint density at radius 3 is 1.25 bits per heavy atom. The number of halogens is 5. The molecule has 0 aromatic heterocycles. The highest BCUT2D eigenvalue weighted by molar-refractivity contribution is 6.19. The van der Waals surface area contributed by atoms with Crippen molar-refractivity contribution in [2.45, 2.75) is 12.1 Å². The van der Waals surface area contributed by atoms with Crippen LogP contribution in [0.4, 0.5) is 13.2 Å². The second kappa shape index (κ2) is 7.37. The van der Waals surface area contributed by atoms with Gasteiger partial charge in [-0.2, -0.15) is 0 Å². The minimum atomic E-state index is -3.05. The van der Waals surface area contributed by atoms with E-state index in [2.05, 4.69) is 23.2 Å². The van der Waals surface area contributed by atoms with Crippen LogP contribution in [-0.4, -0.2) is 18.4 Å². The molecule has 0 spiro atoms. The molecule has 0 radical (unpaired) electrons. The second-order valence-electron chi connectivity index (χ2n) is 0.669. The van der Waals surface area contributed by atoms with Gasteiger partial charge in [0.15, 0.2) is 0 Å². The summed E-state index contributed by atoms with van der Waals surface area (Å²) in [6.07, 6.45) is -1.58. The quantitative estimate of drug-likeness (QED) is 0.529. The summed E-state index contributed by atoms with van der Waals surface area (Å²) >= 11 is 8.83. The van der Waals surface area contributed by atoms with Gasteiger partial charge in [-0.05, 0) is 0 Å². The summed E-state index contributed by atoms with van der Waals surface area (Å²) in [6, 6.07) is 0. The Hall–Kier alpha value is 0.370. The van der Waals surface area contributed by atoms with Crippen molar-refractivity contribution in [3.05, 3.63) is 0 Å². The van der Waals surface area contributed by atoms with Crippen molar-refractivity contribution in [2.24, 2.45) is 0 Å². The first-order valence-electron chi connectivity index (χ1n) is 1.58. The fraction of sp³-hybridized carbons (Fsp3) is 1.00. The molecule has 0 saturated carbocycles. The first kappa shape index (κ1) is 11.2. The molecule has 0 aromatic rings. The minimum absolute atomic E-state index is 1.47. The van der Waals surface area contributed by atoms with Crippen LogP contribution in [0.25, 0.3) is 0 Å². The van der Waals surface area contributed by atoms with Crippen molar-refractivity contribution in [2.75, 3.05) is 6.38 Å². The SMILES string of the molecule is CCl.FC(F)C(F)Cl. The zero-order valence-corrected chi connectivity index (χ0v) is 5.56. The summed E-state index contributed by atoms with van der Waals surface area (Å²) in [5.74, 6) is 0. The maximum atomic E-state index is 10.8. The van der Waals surface area contributed by atoms with E-state index in [4.69, 9.17) is 0 Å². The van der Waals surface area contributed by atoms with Crippen LogP contribution in [0.15, 0.2) is 0 Å². The molecule has 0 heterocycles. The van der Waals surface area contributed by atoms with Crippen molar-refractivity contribution in [1.29, 1.82) is 0 Å². The van der Waals surface area contributed by atoms with E-state index in [9.17, 15) is 13.2 Å². The normalized spacial score (nSPS) is 12.4. The predicted molar refractivity (Wildman–Crippen MR) is 28.5 cm³/mol. The van der Waals surface area contributed by atoms with E-state index < -0.39 is 12.1 Å². The monoisotopic (exact) mass is 168 g/mol. The van der Waals surface area contributed by atoms with Crippen molar-refractivity contribution in [3.8, 4) is 0 Å². The first-order chi connectivity index (χ1) is 3.64. The molecule has 0 rings (SSSR count). The molecule has 0 aliphatic rings. The molecular formula is C3H5Cl2F3. The van der Waals surface area contributed by atoms with E-state index in [0.717, 1.165) is 0 Å². The fourth-order valence-electron chi connectivity index (χ4n) is 0. The van der Waals surface area contributed by atoms with E-state index in [-0.39, 0.29) is 0 Å². The van der Waals surface area contributed by atoms with Crippen molar-refractivity contribution in [3.63, 3.8) is 0 Å². The Morgan fingerprint density at radius 1 is 1.12 bits per heavy atom. The second-order valence-corrected chi connectivity index (χ2v) is 1.09. The lowest BCUT2D eigenvalue weighted by Gasteiger charge is -1.90. The molecule has 0 saturated heterocycles. The van der Waals surface area contributed by atoms with E-state index in [1.165, 1.54) is 6.38 Å². The van der Waals surface area contributed by atoms with Gasteiger partial charge in [-0.15, -0.1) is 11.6 Å². The molecule has 0 aliphatic heterocycles. The molecule has 0 amide bonds. The van der Waals surface area contributed by atoms with Crippen molar-refractivity contribution >= 4 is 23.2 Å². The number of alkyl halides is 5. The van der Waals surface area contributed by atoms with Crippen LogP contribution >= 0.6 is 23.2 Å². The van der Waals surface area contributed by atoms with Crippen molar-refractivity contribution in [1.82, 2.24) is 0 Å². The van der Waals surface area contributed by atoms with Crippen LogP contribution in [-0.2, 0) is 0 Å². The zero-order valence-electron chi connectivity index (χ0n) is 4.04. The highest BCUT2D eigenvalue weighted by Crippen LogP contribution is 2.07. The zero-order chi connectivity index (χ0) is 7.15. The summed E-state index contributed by atoms with van der Waals surface area (Å²) in [6.45, 7) is 0. The average Bonchev–Trinajstić information content (AvgIpc) is 1.72. The third-order valence-corrected chi connectivity index (χ3v) is 0.381. The van der Waals surface area contributed by atoms with Gasteiger partial charge in [-0.25, -0.2) is 13.2 Å². The summed E-state index contributed by atoms with van der Waals surface area (Å²) in [4.78, 5) is 0. The van der Waals surface area contributed by atoms with E-state index in [1.807, 2.05) is 0 Å². The van der Waals surface area contributed by atoms with Crippen LogP contribution in [0.3, 0.4) is 0 Å². The molecule has 0 aromatic carbocycles. The predicted octanol–water partition coefficient (Wildman–Crippen LogP) is 2.64. The van der Waals surface area contributed by atoms with E-state index in [1.54, 1.807) is 0 Å². The molecular weight excluding hydrogens is 164 g/mol. The van der Waals surface area contributed by atoms with E-state index >= 15 is 0 Å². The first-order valence-corrected chi connectivity index (χ1v) is 2.78. The van der Waals surface area contributed by atoms with Crippen LogP contribution < -0.4 is 0 Å². The molecule has 0 N–H and O–H groups in total. The summed E-state index contributed by atoms with van der Waals surface area (Å²) < 4.78 is 32.1. The number of rotatable bonds is 1. The van der Waals surface area contributed by atoms with Gasteiger partial charge in [-0.3, -0.25) is 0 Å². The van der Waals surface area contributed by atoms with Gasteiger partial charge in [-0.1, -0.05) is 11.6 Å². The van der Waals surface area contributed by atoms with Crippen LogP contribution in [0.1, 0.15) is 0 Å². The molecule has 1 atom stereocenters. The van der Waals surface area contributed by atoms with Crippen LogP contribution in [0.2, 0.25) is 0 Å². The molecule has 5 heteroatoms. The number of hydrogen-bond donors (Lipinski definition) is 0. The Labute approximate surface area is 55.6 Å². The summed E-state index contributed by atoms with van der Waals surface area (Å²) in [7, 11) is 0. The molecule has 0 aliphatic carbocycles. The van der Waals surface area contributed by atoms with Crippen molar-refractivity contribution < 1.29 is 13.2 Å². The highest BCUT2D eigenvalue weighted by atomic mass is 35.5. The Kier molecular flexibility index (Phi) is 10.3. The Morgan fingerprint density at radius 2 is 1.25 bits per heavy atom. The maximum absolute atomic E-state index is 10.8. The van der Waals surface area contributed by atoms with Gasteiger partial charge in [0.1, 0.15) is 0 Å². The van der Waals surface area contributed by atoms with Crippen LogP contribution in [0.5, 0.6) is 0 Å². The lowest BCUT2D eigenvalue weighted by Crippen LogP contribution is -2.01. The van der Waals surface area contributed by atoms with Gasteiger partial charge in [0.25, 0.3) is 6.43 Å². The Bertz CT molecular complexity index is 33.5. The molecule has 0 bridgehead atoms. The third kappa shape index (κ3) is 9.62. The highest BCUT2D eigenvalue weighted by Gasteiger charge is 2.13. The van der Waals surface area contributed by atoms with Gasteiger partial charge in [0.2, 0.25) is 5.63 Å². The lowest BCUT2D eigenvalue weighted by molar-refractivity contribution is 0.0916. The number of hydrogen-bond acceptors (Lipinski definition) is 0. The molecule has 52 valence electrons. The summed E-state index contributed by atoms with van der Waals surface area (Å²) in [5, 5.41) is 0.